The van der Waals surface area contributed by atoms with E-state index in [1.54, 1.807) is 6.08 Å². The van der Waals surface area contributed by atoms with Gasteiger partial charge in [0.25, 0.3) is 5.91 Å². The minimum Gasteiger partial charge on any atom is -0.446 e. The van der Waals surface area contributed by atoms with Crippen LogP contribution in [0.1, 0.15) is 42.7 Å². The van der Waals surface area contributed by atoms with Gasteiger partial charge in [-0.15, -0.1) is 6.58 Å². The van der Waals surface area contributed by atoms with Crippen LogP contribution in [-0.2, 0) is 0 Å². The van der Waals surface area contributed by atoms with E-state index < -0.39 is 0 Å². The van der Waals surface area contributed by atoms with Crippen LogP contribution in [0.5, 0.6) is 0 Å². The number of hydrogen-bond donors (Lipinski definition) is 2. The molecule has 0 radical (unpaired) electrons. The van der Waals surface area contributed by atoms with Crippen molar-refractivity contribution in [3.63, 3.8) is 0 Å². The number of aromatic nitrogens is 1. The molecule has 0 aliphatic rings. The third-order valence-corrected chi connectivity index (χ3v) is 2.70. The van der Waals surface area contributed by atoms with Crippen LogP contribution >= 0.6 is 0 Å². The molecule has 5 heteroatoms. The molecule has 0 aromatic carbocycles. The second-order valence-corrected chi connectivity index (χ2v) is 3.98. The predicted octanol–water partition coefficient (Wildman–Crippen LogP) is 1.64. The fourth-order valence-electron chi connectivity index (χ4n) is 1.30. The molecular weight excluding hydrogens is 218 g/mol. The summed E-state index contributed by atoms with van der Waals surface area (Å²) >= 11 is 0. The summed E-state index contributed by atoms with van der Waals surface area (Å²) < 4.78 is 5.23. The van der Waals surface area contributed by atoms with Gasteiger partial charge in [0.15, 0.2) is 5.69 Å². The number of rotatable bonds is 6. The smallest absolute Gasteiger partial charge is 0.273 e. The quantitative estimate of drug-likeness (QED) is 0.737. The van der Waals surface area contributed by atoms with Crippen molar-refractivity contribution >= 4 is 5.91 Å². The minimum atomic E-state index is -0.281. The van der Waals surface area contributed by atoms with Crippen molar-refractivity contribution in [2.45, 2.75) is 26.3 Å². The van der Waals surface area contributed by atoms with Crippen molar-refractivity contribution in [3.8, 4) is 0 Å². The van der Waals surface area contributed by atoms with Crippen LogP contribution in [0, 0.1) is 5.92 Å². The molecule has 1 amide bonds. The molecule has 2 atom stereocenters. The lowest BCUT2D eigenvalue weighted by atomic mass is 10.0. The minimum absolute atomic E-state index is 0.251. The zero-order chi connectivity index (χ0) is 12.8. The lowest BCUT2D eigenvalue weighted by Gasteiger charge is -2.13. The van der Waals surface area contributed by atoms with Gasteiger partial charge in [-0.25, -0.2) is 4.98 Å². The van der Waals surface area contributed by atoms with Gasteiger partial charge in [-0.05, 0) is 5.92 Å². The SMILES string of the molecule is C=CCNC(=O)c1coc(C(N)C(C)CC)n1. The van der Waals surface area contributed by atoms with Gasteiger partial charge in [-0.3, -0.25) is 4.79 Å². The molecule has 0 bridgehead atoms. The standard InChI is InChI=1S/C12H19N3O2/c1-4-6-14-11(16)9-7-17-12(15-9)10(13)8(3)5-2/h4,7-8,10H,1,5-6,13H2,2-3H3,(H,14,16). The zero-order valence-corrected chi connectivity index (χ0v) is 10.3. The molecule has 0 aliphatic heterocycles. The Bertz CT molecular complexity index is 387. The van der Waals surface area contributed by atoms with E-state index in [1.807, 2.05) is 13.8 Å². The maximum Gasteiger partial charge on any atom is 0.273 e. The number of nitrogens with two attached hydrogens (primary N) is 1. The van der Waals surface area contributed by atoms with Crippen LogP contribution in [0.4, 0.5) is 0 Å². The maximum absolute atomic E-state index is 11.6. The Kier molecular flexibility index (Phi) is 4.90. The first-order valence-corrected chi connectivity index (χ1v) is 5.70. The van der Waals surface area contributed by atoms with Crippen LogP contribution in [-0.4, -0.2) is 17.4 Å². The molecule has 17 heavy (non-hydrogen) atoms. The predicted molar refractivity (Wildman–Crippen MR) is 65.4 cm³/mol. The van der Waals surface area contributed by atoms with Gasteiger partial charge in [-0.1, -0.05) is 26.3 Å². The zero-order valence-electron chi connectivity index (χ0n) is 10.3. The number of nitrogens with one attached hydrogen (secondary N) is 1. The Balaban J connectivity index is 2.70. The summed E-state index contributed by atoms with van der Waals surface area (Å²) in [4.78, 5) is 15.7. The van der Waals surface area contributed by atoms with Gasteiger partial charge in [-0.2, -0.15) is 0 Å². The van der Waals surface area contributed by atoms with Gasteiger partial charge in [0.1, 0.15) is 6.26 Å². The Labute approximate surface area is 101 Å². The Morgan fingerprint density at radius 1 is 1.76 bits per heavy atom. The highest BCUT2D eigenvalue weighted by molar-refractivity contribution is 5.91. The summed E-state index contributed by atoms with van der Waals surface area (Å²) in [7, 11) is 0. The number of carbonyl (C=O) groups is 1. The maximum atomic E-state index is 11.6. The third-order valence-electron chi connectivity index (χ3n) is 2.70. The van der Waals surface area contributed by atoms with Gasteiger partial charge in [0, 0.05) is 6.54 Å². The Morgan fingerprint density at radius 3 is 3.06 bits per heavy atom. The first-order chi connectivity index (χ1) is 8.10. The number of carbonyl (C=O) groups excluding carboxylic acids is 1. The average Bonchev–Trinajstić information content (AvgIpc) is 2.83. The highest BCUT2D eigenvalue weighted by atomic mass is 16.3. The first kappa shape index (κ1) is 13.4. The van der Waals surface area contributed by atoms with Crippen molar-refractivity contribution in [1.82, 2.24) is 10.3 Å². The van der Waals surface area contributed by atoms with E-state index >= 15 is 0 Å². The summed E-state index contributed by atoms with van der Waals surface area (Å²) in [6.45, 7) is 7.98. The van der Waals surface area contributed by atoms with E-state index in [4.69, 9.17) is 10.2 Å². The van der Waals surface area contributed by atoms with Gasteiger partial charge >= 0.3 is 0 Å². The fraction of sp³-hybridized carbons (Fsp3) is 0.500. The molecule has 1 rings (SSSR count). The summed E-state index contributed by atoms with van der Waals surface area (Å²) in [5.74, 6) is 0.386. The molecule has 94 valence electrons. The van der Waals surface area contributed by atoms with Crippen LogP contribution in [0.2, 0.25) is 0 Å². The summed E-state index contributed by atoms with van der Waals surface area (Å²) in [6, 6.07) is -0.277. The third kappa shape index (κ3) is 3.42. The van der Waals surface area contributed by atoms with E-state index in [9.17, 15) is 4.79 Å². The molecular formula is C12H19N3O2. The van der Waals surface area contributed by atoms with Gasteiger partial charge in [0.05, 0.1) is 6.04 Å². The molecule has 1 heterocycles. The fourth-order valence-corrected chi connectivity index (χ4v) is 1.30. The van der Waals surface area contributed by atoms with Gasteiger partial charge in [0.2, 0.25) is 5.89 Å². The highest BCUT2D eigenvalue weighted by Gasteiger charge is 2.20. The van der Waals surface area contributed by atoms with Crippen LogP contribution in [0.25, 0.3) is 0 Å². The van der Waals surface area contributed by atoms with Crippen LogP contribution in [0.15, 0.2) is 23.3 Å². The number of amides is 1. The Morgan fingerprint density at radius 2 is 2.47 bits per heavy atom. The van der Waals surface area contributed by atoms with E-state index in [1.165, 1.54) is 6.26 Å². The van der Waals surface area contributed by atoms with Crippen molar-refractivity contribution in [3.05, 3.63) is 30.5 Å². The van der Waals surface area contributed by atoms with Crippen LogP contribution < -0.4 is 11.1 Å². The molecule has 0 saturated heterocycles. The topological polar surface area (TPSA) is 81.2 Å². The summed E-state index contributed by atoms with van der Waals surface area (Å²) in [6.07, 6.45) is 3.86. The van der Waals surface area contributed by atoms with Crippen molar-refractivity contribution < 1.29 is 9.21 Å². The highest BCUT2D eigenvalue weighted by Crippen LogP contribution is 2.20. The molecule has 2 unspecified atom stereocenters. The van der Waals surface area contributed by atoms with E-state index in [-0.39, 0.29) is 23.6 Å². The van der Waals surface area contributed by atoms with Crippen molar-refractivity contribution in [1.29, 1.82) is 0 Å². The van der Waals surface area contributed by atoms with Crippen molar-refractivity contribution in [2.24, 2.45) is 11.7 Å². The van der Waals surface area contributed by atoms with E-state index in [2.05, 4.69) is 16.9 Å². The number of hydrogen-bond acceptors (Lipinski definition) is 4. The first-order valence-electron chi connectivity index (χ1n) is 5.70. The summed E-state index contributed by atoms with van der Waals surface area (Å²) in [5.41, 5.74) is 6.21. The lowest BCUT2D eigenvalue weighted by molar-refractivity contribution is 0.0953. The lowest BCUT2D eigenvalue weighted by Crippen LogP contribution is -2.24. The molecule has 1 aromatic heterocycles. The monoisotopic (exact) mass is 237 g/mol. The average molecular weight is 237 g/mol. The van der Waals surface area contributed by atoms with E-state index in [0.29, 0.717) is 12.4 Å². The second kappa shape index (κ2) is 6.20. The number of oxazole rings is 1. The second-order valence-electron chi connectivity index (χ2n) is 3.98. The van der Waals surface area contributed by atoms with Crippen molar-refractivity contribution in [2.75, 3.05) is 6.54 Å². The normalized spacial score (nSPS) is 14.1. The number of nitrogens with zero attached hydrogens (tertiary/aromatic N) is 1. The molecule has 0 saturated carbocycles. The molecule has 0 spiro atoms. The molecule has 1 aromatic rings. The largest absolute Gasteiger partial charge is 0.446 e. The Hall–Kier alpha value is -1.62. The van der Waals surface area contributed by atoms with E-state index in [0.717, 1.165) is 6.42 Å². The van der Waals surface area contributed by atoms with Gasteiger partial charge < -0.3 is 15.5 Å². The molecule has 0 fully saturated rings. The van der Waals surface area contributed by atoms with Crippen LogP contribution in [0.3, 0.4) is 0 Å². The molecule has 5 nitrogen and oxygen atoms in total. The molecule has 3 N–H and O–H groups in total. The summed E-state index contributed by atoms with van der Waals surface area (Å²) in [5, 5.41) is 2.62. The molecule has 0 aliphatic carbocycles.